The van der Waals surface area contributed by atoms with Crippen molar-refractivity contribution in [3.8, 4) is 11.5 Å². The third kappa shape index (κ3) is 3.87. The minimum absolute atomic E-state index is 0.221. The van der Waals surface area contributed by atoms with Crippen molar-refractivity contribution in [3.05, 3.63) is 16.7 Å². The first-order valence-corrected chi connectivity index (χ1v) is 10.1. The highest BCUT2D eigenvalue weighted by Crippen LogP contribution is 2.49. The zero-order valence-corrected chi connectivity index (χ0v) is 18.6. The van der Waals surface area contributed by atoms with E-state index in [2.05, 4.69) is 32.6 Å². The van der Waals surface area contributed by atoms with Gasteiger partial charge in [0.15, 0.2) is 11.5 Å². The molecule has 2 heterocycles. The van der Waals surface area contributed by atoms with E-state index in [1.54, 1.807) is 12.0 Å². The first-order valence-electron chi connectivity index (χ1n) is 10.1. The van der Waals surface area contributed by atoms with E-state index in [4.69, 9.17) is 14.2 Å². The SMILES string of the molecule is COc1c(C)c(N2CCN(C(=O)OC(C)(C)C)CC2)c(C)c2c1OC(C)(C)C2. The van der Waals surface area contributed by atoms with Crippen molar-refractivity contribution in [1.29, 1.82) is 0 Å². The molecule has 3 rings (SSSR count). The van der Waals surface area contributed by atoms with Crippen LogP contribution in [0.2, 0.25) is 0 Å². The Bertz CT molecular complexity index is 772. The molecule has 0 unspecified atom stereocenters. The fraction of sp³-hybridized carbons (Fsp3) is 0.682. The molecule has 1 aromatic rings. The largest absolute Gasteiger partial charge is 0.492 e. The van der Waals surface area contributed by atoms with Crippen molar-refractivity contribution >= 4 is 11.8 Å². The molecule has 1 amide bonds. The molecule has 2 aliphatic rings. The van der Waals surface area contributed by atoms with Gasteiger partial charge in [-0.3, -0.25) is 0 Å². The van der Waals surface area contributed by atoms with Gasteiger partial charge in [-0.1, -0.05) is 0 Å². The second-order valence-corrected chi connectivity index (χ2v) is 9.43. The molecule has 2 aliphatic heterocycles. The average Bonchev–Trinajstić information content (AvgIpc) is 2.90. The van der Waals surface area contributed by atoms with Gasteiger partial charge in [0.25, 0.3) is 0 Å². The smallest absolute Gasteiger partial charge is 0.410 e. The Balaban J connectivity index is 1.84. The van der Waals surface area contributed by atoms with Crippen molar-refractivity contribution in [2.24, 2.45) is 0 Å². The number of hydrogen-bond acceptors (Lipinski definition) is 5. The molecule has 1 aromatic carbocycles. The van der Waals surface area contributed by atoms with Gasteiger partial charge < -0.3 is 24.0 Å². The minimum Gasteiger partial charge on any atom is -0.492 e. The van der Waals surface area contributed by atoms with E-state index in [0.717, 1.165) is 36.6 Å². The van der Waals surface area contributed by atoms with Gasteiger partial charge in [0.05, 0.1) is 7.11 Å². The Labute approximate surface area is 168 Å². The lowest BCUT2D eigenvalue weighted by molar-refractivity contribution is 0.0240. The molecule has 156 valence electrons. The zero-order chi connectivity index (χ0) is 20.9. The summed E-state index contributed by atoms with van der Waals surface area (Å²) in [5, 5.41) is 0. The Hall–Kier alpha value is -2.11. The standard InChI is InChI=1S/C22H34N2O4/c1-14-16-13-22(6,7)27-19(16)18(26-8)15(2)17(14)23-9-11-24(12-10-23)20(25)28-21(3,4)5/h9-13H2,1-8H3. The molecular weight excluding hydrogens is 356 g/mol. The van der Waals surface area contributed by atoms with Gasteiger partial charge in [0, 0.05) is 49.4 Å². The zero-order valence-electron chi connectivity index (χ0n) is 18.6. The first-order chi connectivity index (χ1) is 12.9. The number of rotatable bonds is 2. The van der Waals surface area contributed by atoms with Gasteiger partial charge >= 0.3 is 6.09 Å². The van der Waals surface area contributed by atoms with Gasteiger partial charge in [0.1, 0.15) is 11.2 Å². The molecule has 6 heteroatoms. The number of carbonyl (C=O) groups excluding carboxylic acids is 1. The molecule has 6 nitrogen and oxygen atoms in total. The van der Waals surface area contributed by atoms with Crippen molar-refractivity contribution in [2.45, 2.75) is 66.1 Å². The lowest BCUT2D eigenvalue weighted by atomic mass is 9.93. The Kier molecular flexibility index (Phi) is 5.19. The molecule has 1 fully saturated rings. The summed E-state index contributed by atoms with van der Waals surface area (Å²) in [7, 11) is 1.71. The highest BCUT2D eigenvalue weighted by molar-refractivity contribution is 5.74. The number of amides is 1. The lowest BCUT2D eigenvalue weighted by Gasteiger charge is -2.38. The normalized spacial score (nSPS) is 18.6. The molecule has 0 atom stereocenters. The van der Waals surface area contributed by atoms with E-state index >= 15 is 0 Å². The minimum atomic E-state index is -0.471. The molecule has 0 saturated carbocycles. The van der Waals surface area contributed by atoms with Gasteiger partial charge in [-0.2, -0.15) is 0 Å². The van der Waals surface area contributed by atoms with Crippen LogP contribution >= 0.6 is 0 Å². The van der Waals surface area contributed by atoms with Crippen molar-refractivity contribution in [3.63, 3.8) is 0 Å². The number of carbonyl (C=O) groups is 1. The summed E-state index contributed by atoms with van der Waals surface area (Å²) in [5.41, 5.74) is 4.10. The molecule has 0 aliphatic carbocycles. The van der Waals surface area contributed by atoms with Crippen LogP contribution in [0.4, 0.5) is 10.5 Å². The molecule has 0 spiro atoms. The summed E-state index contributed by atoms with van der Waals surface area (Å²) in [6.07, 6.45) is 0.637. The third-order valence-electron chi connectivity index (χ3n) is 5.42. The van der Waals surface area contributed by atoms with Gasteiger partial charge in [-0.15, -0.1) is 0 Å². The quantitative estimate of drug-likeness (QED) is 0.761. The third-order valence-corrected chi connectivity index (χ3v) is 5.42. The molecule has 0 aromatic heterocycles. The maximum absolute atomic E-state index is 12.4. The fourth-order valence-corrected chi connectivity index (χ4v) is 4.23. The fourth-order valence-electron chi connectivity index (χ4n) is 4.23. The predicted molar refractivity (Wildman–Crippen MR) is 111 cm³/mol. The molecule has 0 N–H and O–H groups in total. The Morgan fingerprint density at radius 3 is 2.21 bits per heavy atom. The highest BCUT2D eigenvalue weighted by atomic mass is 16.6. The number of anilines is 1. The summed E-state index contributed by atoms with van der Waals surface area (Å²) in [6.45, 7) is 17.0. The number of piperazine rings is 1. The highest BCUT2D eigenvalue weighted by Gasteiger charge is 2.37. The summed E-state index contributed by atoms with van der Waals surface area (Å²) < 4.78 is 17.5. The maximum Gasteiger partial charge on any atom is 0.410 e. The van der Waals surface area contributed by atoms with E-state index < -0.39 is 5.60 Å². The number of methoxy groups -OCH3 is 1. The van der Waals surface area contributed by atoms with Crippen molar-refractivity contribution in [1.82, 2.24) is 4.90 Å². The number of ether oxygens (including phenoxy) is 3. The summed E-state index contributed by atoms with van der Waals surface area (Å²) in [5.74, 6) is 1.72. The van der Waals surface area contributed by atoms with Crippen molar-refractivity contribution in [2.75, 3.05) is 38.2 Å². The molecule has 1 saturated heterocycles. The molecule has 28 heavy (non-hydrogen) atoms. The second kappa shape index (κ2) is 7.05. The number of benzene rings is 1. The second-order valence-electron chi connectivity index (χ2n) is 9.43. The van der Waals surface area contributed by atoms with E-state index in [1.807, 2.05) is 20.8 Å². The van der Waals surface area contributed by atoms with Crippen LogP contribution < -0.4 is 14.4 Å². The summed E-state index contributed by atoms with van der Waals surface area (Å²) >= 11 is 0. The number of fused-ring (bicyclic) bond motifs is 1. The van der Waals surface area contributed by atoms with Gasteiger partial charge in [-0.05, 0) is 54.0 Å². The first kappa shape index (κ1) is 20.6. The molecule has 0 radical (unpaired) electrons. The van der Waals surface area contributed by atoms with Gasteiger partial charge in [0.2, 0.25) is 0 Å². The number of nitrogens with zero attached hydrogens (tertiary/aromatic N) is 2. The van der Waals surface area contributed by atoms with Crippen molar-refractivity contribution < 1.29 is 19.0 Å². The Morgan fingerprint density at radius 1 is 1.07 bits per heavy atom. The molecule has 0 bridgehead atoms. The van der Waals surface area contributed by atoms with E-state index in [9.17, 15) is 4.79 Å². The average molecular weight is 391 g/mol. The Morgan fingerprint density at radius 2 is 1.68 bits per heavy atom. The summed E-state index contributed by atoms with van der Waals surface area (Å²) in [6, 6.07) is 0. The van der Waals surface area contributed by atoms with E-state index in [0.29, 0.717) is 13.1 Å². The molecular formula is C22H34N2O4. The van der Waals surface area contributed by atoms with Crippen LogP contribution in [0.5, 0.6) is 11.5 Å². The van der Waals surface area contributed by atoms with Crippen LogP contribution in [0.3, 0.4) is 0 Å². The van der Waals surface area contributed by atoms with E-state index in [1.165, 1.54) is 16.8 Å². The van der Waals surface area contributed by atoms with Crippen LogP contribution in [0.25, 0.3) is 0 Å². The lowest BCUT2D eigenvalue weighted by Crippen LogP contribution is -2.50. The monoisotopic (exact) mass is 390 g/mol. The van der Waals surface area contributed by atoms with E-state index in [-0.39, 0.29) is 11.7 Å². The van der Waals surface area contributed by atoms with Crippen LogP contribution in [-0.2, 0) is 11.2 Å². The van der Waals surface area contributed by atoms with Crippen LogP contribution in [0.15, 0.2) is 0 Å². The summed E-state index contributed by atoms with van der Waals surface area (Å²) in [4.78, 5) is 16.5. The van der Waals surface area contributed by atoms with Crippen LogP contribution in [0.1, 0.15) is 51.3 Å². The topological polar surface area (TPSA) is 51.2 Å². The predicted octanol–water partition coefficient (Wildman–Crippen LogP) is 4.08. The van der Waals surface area contributed by atoms with Gasteiger partial charge in [-0.25, -0.2) is 4.79 Å². The number of hydrogen-bond donors (Lipinski definition) is 0. The van der Waals surface area contributed by atoms with Crippen LogP contribution in [0, 0.1) is 13.8 Å². The maximum atomic E-state index is 12.4. The van der Waals surface area contributed by atoms with Crippen LogP contribution in [-0.4, -0.2) is 55.5 Å².